The van der Waals surface area contributed by atoms with Crippen LogP contribution in [0.4, 0.5) is 5.69 Å². The Bertz CT molecular complexity index is 750. The van der Waals surface area contributed by atoms with Gasteiger partial charge in [-0.1, -0.05) is 0 Å². The zero-order valence-electron chi connectivity index (χ0n) is 16.7. The summed E-state index contributed by atoms with van der Waals surface area (Å²) in [5.41, 5.74) is 5.38. The molecule has 28 heavy (non-hydrogen) atoms. The minimum absolute atomic E-state index is 0.122. The van der Waals surface area contributed by atoms with Crippen LogP contribution in [0.15, 0.2) is 18.2 Å². The molecule has 3 amide bonds. The van der Waals surface area contributed by atoms with Crippen LogP contribution < -0.4 is 26.0 Å². The molecule has 0 bridgehead atoms. The fourth-order valence-electron chi connectivity index (χ4n) is 2.79. The molecule has 9 heteroatoms. The summed E-state index contributed by atoms with van der Waals surface area (Å²) in [7, 11) is 3.41. The first-order valence-electron chi connectivity index (χ1n) is 9.03. The fraction of sp³-hybridized carbons (Fsp3) is 0.526. The first kappa shape index (κ1) is 21.5. The maximum absolute atomic E-state index is 12.3. The number of primary amides is 1. The van der Waals surface area contributed by atoms with Crippen LogP contribution in [0.25, 0.3) is 0 Å². The fourth-order valence-corrected chi connectivity index (χ4v) is 2.79. The number of fused-ring (bicyclic) bond motifs is 1. The molecule has 154 valence electrons. The van der Waals surface area contributed by atoms with Gasteiger partial charge in [0.25, 0.3) is 5.91 Å². The SMILES string of the molecule is COCCNC(=O)c1ccc2c(c1)N(C)[C@@H](CC(=O)NC(C)(C)C(N)=O)CO2. The number of likely N-dealkylation sites (N-methyl/N-ethyl adjacent to an activating group) is 1. The third-order valence-electron chi connectivity index (χ3n) is 4.66. The second-order valence-corrected chi connectivity index (χ2v) is 7.25. The van der Waals surface area contributed by atoms with Gasteiger partial charge < -0.3 is 30.7 Å². The van der Waals surface area contributed by atoms with E-state index in [4.69, 9.17) is 15.2 Å². The van der Waals surface area contributed by atoms with E-state index in [1.807, 2.05) is 11.9 Å². The molecule has 0 aliphatic carbocycles. The number of carbonyl (C=O) groups excluding carboxylic acids is 3. The Morgan fingerprint density at radius 1 is 1.36 bits per heavy atom. The van der Waals surface area contributed by atoms with E-state index in [1.165, 1.54) is 0 Å². The number of hydrogen-bond acceptors (Lipinski definition) is 6. The largest absolute Gasteiger partial charge is 0.489 e. The molecule has 0 spiro atoms. The third-order valence-corrected chi connectivity index (χ3v) is 4.66. The van der Waals surface area contributed by atoms with Crippen molar-refractivity contribution >= 4 is 23.4 Å². The van der Waals surface area contributed by atoms with Crippen molar-refractivity contribution in [3.05, 3.63) is 23.8 Å². The molecule has 9 nitrogen and oxygen atoms in total. The topological polar surface area (TPSA) is 123 Å². The molecule has 1 heterocycles. The first-order valence-corrected chi connectivity index (χ1v) is 9.03. The van der Waals surface area contributed by atoms with Gasteiger partial charge in [0.2, 0.25) is 11.8 Å². The highest BCUT2D eigenvalue weighted by atomic mass is 16.5. The molecule has 1 aliphatic rings. The van der Waals surface area contributed by atoms with Crippen LogP contribution in [0.5, 0.6) is 5.75 Å². The number of rotatable bonds is 8. The summed E-state index contributed by atoms with van der Waals surface area (Å²) in [6.07, 6.45) is 0.122. The molecule has 1 aromatic rings. The Morgan fingerprint density at radius 2 is 2.07 bits per heavy atom. The maximum Gasteiger partial charge on any atom is 0.251 e. The Kier molecular flexibility index (Phi) is 6.85. The summed E-state index contributed by atoms with van der Waals surface area (Å²) in [6.45, 7) is 4.26. The van der Waals surface area contributed by atoms with Crippen molar-refractivity contribution in [1.82, 2.24) is 10.6 Å². The summed E-state index contributed by atoms with van der Waals surface area (Å²) in [5, 5.41) is 5.40. The average Bonchev–Trinajstić information content (AvgIpc) is 2.63. The number of nitrogens with zero attached hydrogens (tertiary/aromatic N) is 1. The van der Waals surface area contributed by atoms with Gasteiger partial charge in [0, 0.05) is 26.3 Å². The molecule has 0 saturated heterocycles. The molecular weight excluding hydrogens is 364 g/mol. The number of nitrogens with one attached hydrogen (secondary N) is 2. The average molecular weight is 392 g/mol. The molecule has 0 saturated carbocycles. The number of anilines is 1. The molecule has 0 radical (unpaired) electrons. The standard InChI is InChI=1S/C19H28N4O5/c1-19(2,18(20)26)22-16(24)10-13-11-28-15-6-5-12(9-14(15)23(13)3)17(25)21-7-8-27-4/h5-6,9,13H,7-8,10-11H2,1-4H3,(H2,20,26)(H,21,25)(H,22,24)/t13-/m0/s1. The van der Waals surface area contributed by atoms with E-state index in [0.29, 0.717) is 31.1 Å². The summed E-state index contributed by atoms with van der Waals surface area (Å²) in [6, 6.07) is 4.92. The van der Waals surface area contributed by atoms with Gasteiger partial charge in [-0.15, -0.1) is 0 Å². The summed E-state index contributed by atoms with van der Waals surface area (Å²) < 4.78 is 10.7. The molecule has 1 atom stereocenters. The van der Waals surface area contributed by atoms with Gasteiger partial charge in [0.05, 0.1) is 24.8 Å². The van der Waals surface area contributed by atoms with Crippen LogP contribution in [-0.4, -0.2) is 63.2 Å². The quantitative estimate of drug-likeness (QED) is 0.537. The number of methoxy groups -OCH3 is 1. The highest BCUT2D eigenvalue weighted by Gasteiger charge is 2.31. The van der Waals surface area contributed by atoms with Gasteiger partial charge in [0.1, 0.15) is 17.9 Å². The monoisotopic (exact) mass is 392 g/mol. The Morgan fingerprint density at radius 3 is 2.71 bits per heavy atom. The molecule has 0 aromatic heterocycles. The molecule has 2 rings (SSSR count). The molecular formula is C19H28N4O5. The van der Waals surface area contributed by atoms with Crippen molar-refractivity contribution < 1.29 is 23.9 Å². The lowest BCUT2D eigenvalue weighted by Gasteiger charge is -2.36. The lowest BCUT2D eigenvalue weighted by atomic mass is 10.0. The van der Waals surface area contributed by atoms with Crippen LogP contribution in [0.1, 0.15) is 30.6 Å². The highest BCUT2D eigenvalue weighted by Crippen LogP contribution is 2.34. The van der Waals surface area contributed by atoms with E-state index in [-0.39, 0.29) is 24.3 Å². The van der Waals surface area contributed by atoms with Crippen LogP contribution >= 0.6 is 0 Å². The Hall–Kier alpha value is -2.81. The van der Waals surface area contributed by atoms with Crippen LogP contribution in [0, 0.1) is 0 Å². The minimum Gasteiger partial charge on any atom is -0.489 e. The smallest absolute Gasteiger partial charge is 0.251 e. The van der Waals surface area contributed by atoms with E-state index in [0.717, 1.165) is 5.69 Å². The Balaban J connectivity index is 2.07. The van der Waals surface area contributed by atoms with Gasteiger partial charge in [-0.3, -0.25) is 14.4 Å². The molecule has 1 aliphatic heterocycles. The van der Waals surface area contributed by atoms with E-state index < -0.39 is 11.4 Å². The summed E-state index contributed by atoms with van der Waals surface area (Å²) in [4.78, 5) is 37.9. The first-order chi connectivity index (χ1) is 13.2. The van der Waals surface area contributed by atoms with Crippen LogP contribution in [0.2, 0.25) is 0 Å². The zero-order valence-corrected chi connectivity index (χ0v) is 16.7. The zero-order chi connectivity index (χ0) is 20.9. The van der Waals surface area contributed by atoms with Gasteiger partial charge in [0.15, 0.2) is 0 Å². The number of ether oxygens (including phenoxy) is 2. The van der Waals surface area contributed by atoms with Crippen molar-refractivity contribution in [3.8, 4) is 5.75 Å². The number of amides is 3. The lowest BCUT2D eigenvalue weighted by molar-refractivity contribution is -0.130. The van der Waals surface area contributed by atoms with Gasteiger partial charge >= 0.3 is 0 Å². The van der Waals surface area contributed by atoms with Gasteiger partial charge in [-0.2, -0.15) is 0 Å². The van der Waals surface area contributed by atoms with Gasteiger partial charge in [-0.25, -0.2) is 0 Å². The number of benzene rings is 1. The van der Waals surface area contributed by atoms with E-state index >= 15 is 0 Å². The number of nitrogens with two attached hydrogens (primary N) is 1. The van der Waals surface area contributed by atoms with E-state index in [1.54, 1.807) is 39.2 Å². The van der Waals surface area contributed by atoms with Crippen molar-refractivity contribution in [3.63, 3.8) is 0 Å². The third kappa shape index (κ3) is 5.13. The predicted octanol–water partition coefficient (Wildman–Crippen LogP) is 0.0302. The van der Waals surface area contributed by atoms with Crippen LogP contribution in [0.3, 0.4) is 0 Å². The van der Waals surface area contributed by atoms with Crippen molar-refractivity contribution in [2.24, 2.45) is 5.73 Å². The van der Waals surface area contributed by atoms with E-state index in [2.05, 4.69) is 10.6 Å². The van der Waals surface area contributed by atoms with Crippen molar-refractivity contribution in [1.29, 1.82) is 0 Å². The van der Waals surface area contributed by atoms with Crippen LogP contribution in [-0.2, 0) is 14.3 Å². The second kappa shape index (κ2) is 8.92. The maximum atomic E-state index is 12.3. The van der Waals surface area contributed by atoms with Crippen molar-refractivity contribution in [2.75, 3.05) is 38.8 Å². The minimum atomic E-state index is -1.13. The molecule has 1 aromatic carbocycles. The normalized spacial score (nSPS) is 16.0. The highest BCUT2D eigenvalue weighted by molar-refractivity contribution is 5.96. The lowest BCUT2D eigenvalue weighted by Crippen LogP contribution is -2.54. The molecule has 0 unspecified atom stereocenters. The predicted molar refractivity (Wildman–Crippen MR) is 104 cm³/mol. The van der Waals surface area contributed by atoms with E-state index in [9.17, 15) is 14.4 Å². The molecule has 4 N–H and O–H groups in total. The summed E-state index contributed by atoms with van der Waals surface area (Å²) >= 11 is 0. The van der Waals surface area contributed by atoms with Gasteiger partial charge in [-0.05, 0) is 32.0 Å². The van der Waals surface area contributed by atoms with Crippen molar-refractivity contribution in [2.45, 2.75) is 31.8 Å². The number of hydrogen-bond donors (Lipinski definition) is 3. The Labute approximate surface area is 164 Å². The number of carbonyl (C=O) groups is 3. The summed E-state index contributed by atoms with van der Waals surface area (Å²) in [5.74, 6) is -0.480. The molecule has 0 fully saturated rings. The second-order valence-electron chi connectivity index (χ2n) is 7.25.